The molecule has 3 nitrogen and oxygen atoms in total. The molecule has 1 atom stereocenters. The molecule has 1 aliphatic heterocycles. The number of nitrogens with zero attached hydrogens (tertiary/aromatic N) is 1. The first-order valence-corrected chi connectivity index (χ1v) is 6.82. The van der Waals surface area contributed by atoms with E-state index in [1.165, 1.54) is 0 Å². The van der Waals surface area contributed by atoms with Crippen LogP contribution < -0.4 is 10.6 Å². The lowest BCUT2D eigenvalue weighted by molar-refractivity contribution is -0.116. The van der Waals surface area contributed by atoms with Crippen LogP contribution in [0.4, 0.5) is 11.4 Å². The van der Waals surface area contributed by atoms with Crippen LogP contribution in [0.1, 0.15) is 18.4 Å². The predicted octanol–water partition coefficient (Wildman–Crippen LogP) is 3.11. The van der Waals surface area contributed by atoms with Gasteiger partial charge in [-0.25, -0.2) is 0 Å². The molecule has 1 unspecified atom stereocenters. The first-order valence-electron chi connectivity index (χ1n) is 6.28. The molecule has 0 aromatic heterocycles. The van der Waals surface area contributed by atoms with Gasteiger partial charge in [-0.15, -0.1) is 11.6 Å². The zero-order chi connectivity index (χ0) is 13.6. The topological polar surface area (TPSA) is 46.3 Å². The summed E-state index contributed by atoms with van der Waals surface area (Å²) < 4.78 is 0. The molecule has 98 valence electrons. The number of nitrogens with two attached hydrogens (primary N) is 1. The number of anilines is 2. The minimum Gasteiger partial charge on any atom is -0.398 e. The minimum absolute atomic E-state index is 0.0311. The van der Waals surface area contributed by atoms with E-state index in [1.807, 2.05) is 30.3 Å². The molecule has 2 aromatic carbocycles. The van der Waals surface area contributed by atoms with Gasteiger partial charge in [-0.05, 0) is 17.0 Å². The second-order valence-corrected chi connectivity index (χ2v) is 5.23. The van der Waals surface area contributed by atoms with Gasteiger partial charge in [0.25, 0.3) is 0 Å². The van der Waals surface area contributed by atoms with Crippen molar-refractivity contribution in [3.63, 3.8) is 0 Å². The summed E-state index contributed by atoms with van der Waals surface area (Å²) in [5.41, 5.74) is 8.87. The third kappa shape index (κ3) is 1.77. The number of hydrogen-bond acceptors (Lipinski definition) is 2. The molecule has 0 saturated carbocycles. The highest BCUT2D eigenvalue weighted by Gasteiger charge is 2.32. The molecule has 2 N–H and O–H groups in total. The predicted molar refractivity (Wildman–Crippen MR) is 79.8 cm³/mol. The first-order chi connectivity index (χ1) is 9.13. The Morgan fingerprint density at radius 1 is 1.42 bits per heavy atom. The average molecular weight is 275 g/mol. The summed E-state index contributed by atoms with van der Waals surface area (Å²) in [6.45, 7) is 2.22. The fourth-order valence-corrected chi connectivity index (χ4v) is 3.15. The molecule has 0 bridgehead atoms. The summed E-state index contributed by atoms with van der Waals surface area (Å²) in [6.07, 6.45) is 0. The Bertz CT molecular complexity index is 668. The highest BCUT2D eigenvalue weighted by atomic mass is 35.5. The number of carbonyl (C=O) groups is 1. The van der Waals surface area contributed by atoms with Gasteiger partial charge in [-0.2, -0.15) is 0 Å². The number of alkyl halides is 1. The van der Waals surface area contributed by atoms with Crippen molar-refractivity contribution >= 4 is 39.7 Å². The third-order valence-corrected chi connectivity index (χ3v) is 4.14. The summed E-state index contributed by atoms with van der Waals surface area (Å²) in [5, 5.41) is 2.13. The average Bonchev–Trinajstić information content (AvgIpc) is 2.78. The van der Waals surface area contributed by atoms with Gasteiger partial charge in [0, 0.05) is 42.0 Å². The van der Waals surface area contributed by atoms with Crippen LogP contribution in [-0.2, 0) is 4.79 Å². The van der Waals surface area contributed by atoms with Crippen LogP contribution in [0, 0.1) is 0 Å². The summed E-state index contributed by atoms with van der Waals surface area (Å²) in [4.78, 5) is 13.5. The number of rotatable bonds is 1. The van der Waals surface area contributed by atoms with Gasteiger partial charge in [0.2, 0.25) is 5.91 Å². The largest absolute Gasteiger partial charge is 0.398 e. The summed E-state index contributed by atoms with van der Waals surface area (Å²) in [6, 6.07) is 9.91. The Morgan fingerprint density at radius 2 is 2.11 bits per heavy atom. The molecule has 1 aliphatic rings. The van der Waals surface area contributed by atoms with Crippen LogP contribution in [0.5, 0.6) is 0 Å². The highest BCUT2D eigenvalue weighted by Crippen LogP contribution is 2.43. The van der Waals surface area contributed by atoms with Crippen molar-refractivity contribution in [3.05, 3.63) is 35.9 Å². The number of halogens is 1. The molecule has 0 fully saturated rings. The maximum atomic E-state index is 11.8. The van der Waals surface area contributed by atoms with E-state index in [-0.39, 0.29) is 11.8 Å². The van der Waals surface area contributed by atoms with Crippen LogP contribution >= 0.6 is 11.6 Å². The van der Waals surface area contributed by atoms with E-state index in [2.05, 4.69) is 0 Å². The van der Waals surface area contributed by atoms with Crippen molar-refractivity contribution in [2.24, 2.45) is 0 Å². The number of amides is 1. The van der Waals surface area contributed by atoms with E-state index in [9.17, 15) is 4.79 Å². The van der Waals surface area contributed by atoms with Crippen molar-refractivity contribution in [1.29, 1.82) is 0 Å². The fraction of sp³-hybridized carbons (Fsp3) is 0.267. The number of fused-ring (bicyclic) bond motifs is 3. The normalized spacial score (nSPS) is 17.8. The number of carbonyl (C=O) groups excluding carboxylic acids is 1. The molecule has 1 amide bonds. The Kier molecular flexibility index (Phi) is 2.86. The van der Waals surface area contributed by atoms with Gasteiger partial charge in [-0.3, -0.25) is 4.79 Å². The molecule has 0 saturated heterocycles. The lowest BCUT2D eigenvalue weighted by Gasteiger charge is -2.16. The van der Waals surface area contributed by atoms with Gasteiger partial charge in [0.1, 0.15) is 0 Å². The molecule has 0 radical (unpaired) electrons. The van der Waals surface area contributed by atoms with Crippen molar-refractivity contribution in [2.75, 3.05) is 23.1 Å². The fourth-order valence-electron chi connectivity index (χ4n) is 2.90. The summed E-state index contributed by atoms with van der Waals surface area (Å²) >= 11 is 6.08. The lowest BCUT2D eigenvalue weighted by Crippen LogP contribution is -2.27. The van der Waals surface area contributed by atoms with E-state index in [0.717, 1.165) is 22.0 Å². The Balaban J connectivity index is 2.34. The SMILES string of the molecule is CC(=O)N1CC(CCl)c2c1cc(N)c1ccccc21. The minimum atomic E-state index is 0.0311. The summed E-state index contributed by atoms with van der Waals surface area (Å²) in [7, 11) is 0. The van der Waals surface area contributed by atoms with Crippen molar-refractivity contribution < 1.29 is 4.79 Å². The van der Waals surface area contributed by atoms with E-state index < -0.39 is 0 Å². The Morgan fingerprint density at radius 3 is 2.74 bits per heavy atom. The first kappa shape index (κ1) is 12.3. The standard InChI is InChI=1S/C15H15ClN2O/c1-9(19)18-8-10(7-16)15-12-5-3-2-4-11(12)13(17)6-14(15)18/h2-6,10H,7-8,17H2,1H3. The van der Waals surface area contributed by atoms with Gasteiger partial charge in [0.05, 0.1) is 0 Å². The van der Waals surface area contributed by atoms with Crippen LogP contribution in [0.15, 0.2) is 30.3 Å². The number of hydrogen-bond donors (Lipinski definition) is 1. The second kappa shape index (κ2) is 4.42. The smallest absolute Gasteiger partial charge is 0.223 e. The zero-order valence-electron chi connectivity index (χ0n) is 10.7. The van der Waals surface area contributed by atoms with E-state index in [0.29, 0.717) is 18.1 Å². The van der Waals surface area contributed by atoms with Gasteiger partial charge in [-0.1, -0.05) is 24.3 Å². The van der Waals surface area contributed by atoms with Crippen LogP contribution in [0.2, 0.25) is 0 Å². The highest BCUT2D eigenvalue weighted by molar-refractivity contribution is 6.19. The van der Waals surface area contributed by atoms with E-state index in [1.54, 1.807) is 11.8 Å². The van der Waals surface area contributed by atoms with Crippen molar-refractivity contribution in [1.82, 2.24) is 0 Å². The number of benzene rings is 2. The quantitative estimate of drug-likeness (QED) is 0.641. The molecule has 0 spiro atoms. The lowest BCUT2D eigenvalue weighted by atomic mass is 9.95. The van der Waals surface area contributed by atoms with Gasteiger partial charge >= 0.3 is 0 Å². The monoisotopic (exact) mass is 274 g/mol. The molecule has 2 aromatic rings. The number of nitrogen functional groups attached to an aromatic ring is 1. The maximum absolute atomic E-state index is 11.8. The van der Waals surface area contributed by atoms with Crippen LogP contribution in [0.3, 0.4) is 0 Å². The molecule has 19 heavy (non-hydrogen) atoms. The Hall–Kier alpha value is -1.74. The van der Waals surface area contributed by atoms with E-state index >= 15 is 0 Å². The molecule has 1 heterocycles. The van der Waals surface area contributed by atoms with Crippen LogP contribution in [-0.4, -0.2) is 18.3 Å². The van der Waals surface area contributed by atoms with Crippen molar-refractivity contribution in [2.45, 2.75) is 12.8 Å². The third-order valence-electron chi connectivity index (χ3n) is 3.76. The van der Waals surface area contributed by atoms with E-state index in [4.69, 9.17) is 17.3 Å². The zero-order valence-corrected chi connectivity index (χ0v) is 11.4. The van der Waals surface area contributed by atoms with Crippen molar-refractivity contribution in [3.8, 4) is 0 Å². The molecule has 3 rings (SSSR count). The second-order valence-electron chi connectivity index (χ2n) is 4.93. The van der Waals surface area contributed by atoms with Gasteiger partial charge in [0.15, 0.2) is 0 Å². The molecular weight excluding hydrogens is 260 g/mol. The Labute approximate surface area is 116 Å². The van der Waals surface area contributed by atoms with Crippen LogP contribution in [0.25, 0.3) is 10.8 Å². The summed E-state index contributed by atoms with van der Waals surface area (Å²) in [5.74, 6) is 0.708. The van der Waals surface area contributed by atoms with Gasteiger partial charge < -0.3 is 10.6 Å². The maximum Gasteiger partial charge on any atom is 0.223 e. The molecular formula is C15H15ClN2O. The molecule has 0 aliphatic carbocycles. The molecule has 4 heteroatoms.